The van der Waals surface area contributed by atoms with Crippen LogP contribution in [0.25, 0.3) is 0 Å². The molecule has 0 radical (unpaired) electrons. The monoisotopic (exact) mass is 691 g/mol. The van der Waals surface area contributed by atoms with Crippen molar-refractivity contribution in [2.75, 3.05) is 19.8 Å². The van der Waals surface area contributed by atoms with Crippen LogP contribution in [0.3, 0.4) is 0 Å². The van der Waals surface area contributed by atoms with Crippen LogP contribution in [0.4, 0.5) is 0 Å². The van der Waals surface area contributed by atoms with Crippen LogP contribution in [0.2, 0.25) is 0 Å². The minimum absolute atomic E-state index is 0.154. The Balaban J connectivity index is 4.44. The quantitative estimate of drug-likeness (QED) is 0.0255. The molecule has 0 amide bonds. The number of allylic oxidation sites excluding steroid dienone is 2. The van der Waals surface area contributed by atoms with Gasteiger partial charge in [0.25, 0.3) is 0 Å². The summed E-state index contributed by atoms with van der Waals surface area (Å²) in [5.41, 5.74) is 5.30. The van der Waals surface area contributed by atoms with Gasteiger partial charge < -0.3 is 25.2 Å². The molecule has 4 N–H and O–H groups in total. The maximum atomic E-state index is 12.5. The summed E-state index contributed by atoms with van der Waals surface area (Å²) in [6, 6.07) is -1.52. The van der Waals surface area contributed by atoms with Crippen LogP contribution < -0.4 is 5.73 Å². The summed E-state index contributed by atoms with van der Waals surface area (Å²) in [4.78, 5) is 45.5. The van der Waals surface area contributed by atoms with Gasteiger partial charge in [0, 0.05) is 12.8 Å². The second-order valence-electron chi connectivity index (χ2n) is 12.4. The first-order chi connectivity index (χ1) is 22.6. The van der Waals surface area contributed by atoms with Gasteiger partial charge in [0.15, 0.2) is 6.10 Å². The Bertz CT molecular complexity index is 869. The number of carbonyl (C=O) groups is 3. The first-order valence-electron chi connectivity index (χ1n) is 18.2. The molecule has 0 aromatic heterocycles. The molecule has 0 aliphatic heterocycles. The number of carboxylic acid groups (broad SMARTS) is 1. The SMILES string of the molecule is CCCCCCCC/C=C\CCCCCCCC(=O)OC(COC(=O)CCCCCCCCCC)COP(=O)(O)OCC(N)C(=O)O. The number of rotatable bonds is 34. The van der Waals surface area contributed by atoms with Crippen molar-refractivity contribution in [1.82, 2.24) is 0 Å². The van der Waals surface area contributed by atoms with Crippen molar-refractivity contribution >= 4 is 25.7 Å². The minimum Gasteiger partial charge on any atom is -0.480 e. The zero-order chi connectivity index (χ0) is 35.0. The fourth-order valence-electron chi connectivity index (χ4n) is 4.82. The van der Waals surface area contributed by atoms with Crippen LogP contribution in [-0.4, -0.2) is 59.9 Å². The Morgan fingerprint density at radius 3 is 1.55 bits per heavy atom. The molecule has 0 saturated carbocycles. The lowest BCUT2D eigenvalue weighted by Crippen LogP contribution is -2.34. The molecule has 0 saturated heterocycles. The van der Waals surface area contributed by atoms with Gasteiger partial charge in [-0.3, -0.25) is 23.4 Å². The van der Waals surface area contributed by atoms with Crippen molar-refractivity contribution in [3.8, 4) is 0 Å². The molecule has 0 fully saturated rings. The predicted molar refractivity (Wildman–Crippen MR) is 185 cm³/mol. The van der Waals surface area contributed by atoms with E-state index in [0.717, 1.165) is 57.8 Å². The van der Waals surface area contributed by atoms with Crippen LogP contribution in [0.1, 0.15) is 162 Å². The molecule has 0 aromatic rings. The molecule has 12 heteroatoms. The first-order valence-corrected chi connectivity index (χ1v) is 19.7. The molecule has 11 nitrogen and oxygen atoms in total. The number of nitrogens with two attached hydrogens (primary N) is 1. The predicted octanol–water partition coefficient (Wildman–Crippen LogP) is 8.56. The van der Waals surface area contributed by atoms with Gasteiger partial charge in [0.2, 0.25) is 0 Å². The van der Waals surface area contributed by atoms with Gasteiger partial charge in [0.05, 0.1) is 13.2 Å². The molecule has 0 spiro atoms. The van der Waals surface area contributed by atoms with E-state index in [-0.39, 0.29) is 19.4 Å². The fourth-order valence-corrected chi connectivity index (χ4v) is 5.60. The summed E-state index contributed by atoms with van der Waals surface area (Å²) in [6.07, 6.45) is 27.3. The van der Waals surface area contributed by atoms with E-state index in [9.17, 15) is 23.8 Å². The summed E-state index contributed by atoms with van der Waals surface area (Å²) in [6.45, 7) is 2.73. The van der Waals surface area contributed by atoms with Crippen LogP contribution in [0.15, 0.2) is 12.2 Å². The highest BCUT2D eigenvalue weighted by Crippen LogP contribution is 2.43. The first kappa shape index (κ1) is 45.2. The van der Waals surface area contributed by atoms with Gasteiger partial charge in [-0.2, -0.15) is 0 Å². The van der Waals surface area contributed by atoms with Crippen LogP contribution in [0.5, 0.6) is 0 Å². The van der Waals surface area contributed by atoms with Crippen LogP contribution >= 0.6 is 7.82 Å². The Kier molecular flexibility index (Phi) is 30.3. The molecular formula is C35H66NO10P. The van der Waals surface area contributed by atoms with E-state index >= 15 is 0 Å². The Labute approximate surface area is 284 Å². The fraction of sp³-hybridized carbons (Fsp3) is 0.857. The van der Waals surface area contributed by atoms with Crippen molar-refractivity contribution in [1.29, 1.82) is 0 Å². The standard InChI is InChI=1S/C35H66NO10P/c1-3-5-7-9-11-13-14-15-16-17-18-19-21-23-25-27-34(38)46-31(29-44-47(41,42)45-30-32(36)35(39)40)28-43-33(37)26-24-22-20-12-10-8-6-4-2/h15-16,31-32H,3-14,17-30,36H2,1-2H3,(H,39,40)(H,41,42)/b16-15-. The van der Waals surface area contributed by atoms with E-state index in [2.05, 4.69) is 30.5 Å². The van der Waals surface area contributed by atoms with E-state index in [4.69, 9.17) is 24.8 Å². The number of phosphoric acid groups is 1. The van der Waals surface area contributed by atoms with Crippen molar-refractivity contribution < 1.29 is 47.5 Å². The number of phosphoric ester groups is 1. The van der Waals surface area contributed by atoms with Crippen LogP contribution in [0, 0.1) is 0 Å². The lowest BCUT2D eigenvalue weighted by atomic mass is 10.1. The molecule has 0 bridgehead atoms. The van der Waals surface area contributed by atoms with Crippen molar-refractivity contribution in [2.45, 2.75) is 174 Å². The van der Waals surface area contributed by atoms with Crippen molar-refractivity contribution in [3.05, 3.63) is 12.2 Å². The number of esters is 2. The molecule has 3 atom stereocenters. The normalized spacial score (nSPS) is 14.1. The topological polar surface area (TPSA) is 172 Å². The lowest BCUT2D eigenvalue weighted by Gasteiger charge is -2.20. The van der Waals surface area contributed by atoms with Crippen molar-refractivity contribution in [3.63, 3.8) is 0 Å². The van der Waals surface area contributed by atoms with Gasteiger partial charge >= 0.3 is 25.7 Å². The third kappa shape index (κ3) is 31.3. The number of carbonyl (C=O) groups excluding carboxylic acids is 2. The van der Waals surface area contributed by atoms with E-state index in [1.807, 2.05) is 0 Å². The lowest BCUT2D eigenvalue weighted by molar-refractivity contribution is -0.161. The molecular weight excluding hydrogens is 625 g/mol. The molecule has 0 aliphatic carbocycles. The van der Waals surface area contributed by atoms with Gasteiger partial charge in [0.1, 0.15) is 12.6 Å². The van der Waals surface area contributed by atoms with E-state index in [0.29, 0.717) is 12.8 Å². The zero-order valence-electron chi connectivity index (χ0n) is 29.4. The van der Waals surface area contributed by atoms with Gasteiger partial charge in [-0.05, 0) is 38.5 Å². The average Bonchev–Trinajstić information content (AvgIpc) is 3.04. The van der Waals surface area contributed by atoms with E-state index in [1.54, 1.807) is 0 Å². The second-order valence-corrected chi connectivity index (χ2v) is 13.8. The number of hydrogen-bond acceptors (Lipinski definition) is 9. The van der Waals surface area contributed by atoms with Gasteiger partial charge in [-0.1, -0.05) is 122 Å². The molecule has 47 heavy (non-hydrogen) atoms. The highest BCUT2D eigenvalue weighted by Gasteiger charge is 2.28. The number of hydrogen-bond donors (Lipinski definition) is 3. The molecule has 0 heterocycles. The Hall–Kier alpha value is -1.78. The maximum Gasteiger partial charge on any atom is 0.472 e. The summed E-state index contributed by atoms with van der Waals surface area (Å²) in [5.74, 6) is -2.39. The van der Waals surface area contributed by atoms with E-state index < -0.39 is 51.1 Å². The summed E-state index contributed by atoms with van der Waals surface area (Å²) in [5, 5.41) is 8.83. The second kappa shape index (κ2) is 31.5. The average molecular weight is 692 g/mol. The highest BCUT2D eigenvalue weighted by molar-refractivity contribution is 7.47. The van der Waals surface area contributed by atoms with Crippen LogP contribution in [-0.2, 0) is 37.5 Å². The molecule has 0 aromatic carbocycles. The maximum absolute atomic E-state index is 12.5. The minimum atomic E-state index is -4.70. The number of aliphatic carboxylic acids is 1. The van der Waals surface area contributed by atoms with Gasteiger partial charge in [-0.25, -0.2) is 4.57 Å². The molecule has 276 valence electrons. The summed E-state index contributed by atoms with van der Waals surface area (Å²) < 4.78 is 32.4. The molecule has 3 unspecified atom stereocenters. The molecule has 0 aliphatic rings. The van der Waals surface area contributed by atoms with Gasteiger partial charge in [-0.15, -0.1) is 0 Å². The third-order valence-corrected chi connectivity index (χ3v) is 8.71. The van der Waals surface area contributed by atoms with Crippen molar-refractivity contribution in [2.24, 2.45) is 5.73 Å². The zero-order valence-corrected chi connectivity index (χ0v) is 30.3. The number of ether oxygens (including phenoxy) is 2. The number of unbranched alkanes of at least 4 members (excludes halogenated alkanes) is 18. The summed E-state index contributed by atoms with van der Waals surface area (Å²) in [7, 11) is -4.70. The smallest absolute Gasteiger partial charge is 0.472 e. The highest BCUT2D eigenvalue weighted by atomic mass is 31.2. The summed E-state index contributed by atoms with van der Waals surface area (Å²) >= 11 is 0. The largest absolute Gasteiger partial charge is 0.480 e. The molecule has 0 rings (SSSR count). The number of carboxylic acids is 1. The Morgan fingerprint density at radius 1 is 0.638 bits per heavy atom. The third-order valence-electron chi connectivity index (χ3n) is 7.76. The Morgan fingerprint density at radius 2 is 1.06 bits per heavy atom. The van der Waals surface area contributed by atoms with E-state index in [1.165, 1.54) is 64.2 Å².